The predicted octanol–water partition coefficient (Wildman–Crippen LogP) is 0.470. The minimum atomic E-state index is -1.01. The second-order valence-corrected chi connectivity index (χ2v) is 3.87. The Morgan fingerprint density at radius 2 is 2.41 bits per heavy atom. The minimum Gasteiger partial charge on any atom is -0.478 e. The second kappa shape index (κ2) is 4.82. The first-order valence-corrected chi connectivity index (χ1v) is 5.40. The Morgan fingerprint density at radius 1 is 1.59 bits per heavy atom. The summed E-state index contributed by atoms with van der Waals surface area (Å²) in [6.07, 6.45) is 3.04. The minimum absolute atomic E-state index is 0.0706. The molecule has 1 saturated heterocycles. The molecule has 1 aliphatic rings. The molecule has 3 N–H and O–H groups in total. The number of amides is 1. The number of nitrogens with zero attached hydrogens (tertiary/aromatic N) is 1. The number of rotatable bonds is 3. The fourth-order valence-electron chi connectivity index (χ4n) is 1.73. The molecule has 2 rings (SSSR count). The smallest absolute Gasteiger partial charge is 0.335 e. The number of pyridine rings is 1. The molecule has 0 saturated carbocycles. The Kier molecular flexibility index (Phi) is 3.22. The van der Waals surface area contributed by atoms with E-state index in [9.17, 15) is 9.59 Å². The molecule has 2 heterocycles. The van der Waals surface area contributed by atoms with E-state index in [1.807, 2.05) is 0 Å². The second-order valence-electron chi connectivity index (χ2n) is 3.87. The monoisotopic (exact) mass is 235 g/mol. The van der Waals surface area contributed by atoms with Gasteiger partial charge < -0.3 is 15.7 Å². The Balaban J connectivity index is 2.09. The van der Waals surface area contributed by atoms with E-state index in [0.717, 1.165) is 12.8 Å². The van der Waals surface area contributed by atoms with Crippen molar-refractivity contribution in [3.63, 3.8) is 0 Å². The third-order valence-electron chi connectivity index (χ3n) is 2.61. The van der Waals surface area contributed by atoms with Crippen LogP contribution in [0, 0.1) is 0 Å². The lowest BCUT2D eigenvalue weighted by molar-refractivity contribution is -0.123. The van der Waals surface area contributed by atoms with Crippen LogP contribution in [0.2, 0.25) is 0 Å². The molecule has 0 spiro atoms. The Hall–Kier alpha value is -2.11. The molecule has 1 atom stereocenters. The van der Waals surface area contributed by atoms with Gasteiger partial charge in [-0.2, -0.15) is 0 Å². The number of hydrogen-bond acceptors (Lipinski definition) is 4. The van der Waals surface area contributed by atoms with Crippen LogP contribution >= 0.6 is 0 Å². The SMILES string of the molecule is O=C(O)c1ccnc(NC2CCCNC2=O)c1. The largest absolute Gasteiger partial charge is 0.478 e. The van der Waals surface area contributed by atoms with Gasteiger partial charge in [-0.1, -0.05) is 0 Å². The summed E-state index contributed by atoms with van der Waals surface area (Å²) in [7, 11) is 0. The van der Waals surface area contributed by atoms with E-state index in [-0.39, 0.29) is 17.5 Å². The maximum Gasteiger partial charge on any atom is 0.335 e. The summed E-state index contributed by atoms with van der Waals surface area (Å²) in [5, 5.41) is 14.5. The normalized spacial score (nSPS) is 19.5. The molecular formula is C11H13N3O3. The van der Waals surface area contributed by atoms with Gasteiger partial charge in [0.1, 0.15) is 11.9 Å². The van der Waals surface area contributed by atoms with E-state index in [0.29, 0.717) is 12.4 Å². The zero-order valence-corrected chi connectivity index (χ0v) is 9.14. The van der Waals surface area contributed by atoms with Gasteiger partial charge in [-0.15, -0.1) is 0 Å². The van der Waals surface area contributed by atoms with Crippen LogP contribution < -0.4 is 10.6 Å². The predicted molar refractivity (Wildman–Crippen MR) is 60.9 cm³/mol. The van der Waals surface area contributed by atoms with Crippen molar-refractivity contribution in [2.75, 3.05) is 11.9 Å². The van der Waals surface area contributed by atoms with E-state index >= 15 is 0 Å². The maximum atomic E-state index is 11.5. The van der Waals surface area contributed by atoms with Gasteiger partial charge in [0.15, 0.2) is 0 Å². The summed E-state index contributed by atoms with van der Waals surface area (Å²) in [6, 6.07) is 2.50. The van der Waals surface area contributed by atoms with Gasteiger partial charge in [0.05, 0.1) is 5.56 Å². The zero-order valence-electron chi connectivity index (χ0n) is 9.14. The molecule has 1 unspecified atom stereocenters. The summed E-state index contributed by atoms with van der Waals surface area (Å²) in [5.41, 5.74) is 0.152. The number of hydrogen-bond donors (Lipinski definition) is 3. The molecule has 0 radical (unpaired) electrons. The Bertz CT molecular complexity index is 447. The van der Waals surface area contributed by atoms with Crippen molar-refractivity contribution >= 4 is 17.7 Å². The number of carbonyl (C=O) groups is 2. The van der Waals surface area contributed by atoms with Crippen LogP contribution in [0.15, 0.2) is 18.3 Å². The number of anilines is 1. The molecule has 6 heteroatoms. The number of aromatic nitrogens is 1. The van der Waals surface area contributed by atoms with E-state index in [1.54, 1.807) is 0 Å². The molecule has 0 bridgehead atoms. The van der Waals surface area contributed by atoms with Crippen LogP contribution in [0.1, 0.15) is 23.2 Å². The van der Waals surface area contributed by atoms with E-state index in [4.69, 9.17) is 5.11 Å². The van der Waals surface area contributed by atoms with E-state index < -0.39 is 5.97 Å². The van der Waals surface area contributed by atoms with E-state index in [1.165, 1.54) is 18.3 Å². The van der Waals surface area contributed by atoms with Crippen LogP contribution in [0.3, 0.4) is 0 Å². The Morgan fingerprint density at radius 3 is 3.12 bits per heavy atom. The number of piperidine rings is 1. The van der Waals surface area contributed by atoms with Gasteiger partial charge in [0, 0.05) is 12.7 Å². The summed E-state index contributed by atoms with van der Waals surface area (Å²) in [5.74, 6) is -0.672. The number of carboxylic acid groups (broad SMARTS) is 1. The molecular weight excluding hydrogens is 222 g/mol. The standard InChI is InChI=1S/C11H13N3O3/c15-10-8(2-1-4-13-10)14-9-6-7(11(16)17)3-5-12-9/h3,5-6,8H,1-2,4H2,(H,12,14)(H,13,15)(H,16,17). The fourth-order valence-corrected chi connectivity index (χ4v) is 1.73. The summed E-state index contributed by atoms with van der Waals surface area (Å²) in [6.45, 7) is 0.694. The van der Waals surface area contributed by atoms with Crippen molar-refractivity contribution < 1.29 is 14.7 Å². The van der Waals surface area contributed by atoms with Gasteiger partial charge >= 0.3 is 5.97 Å². The molecule has 6 nitrogen and oxygen atoms in total. The lowest BCUT2D eigenvalue weighted by atomic mass is 10.1. The average Bonchev–Trinajstić information content (AvgIpc) is 2.32. The number of nitrogens with one attached hydrogen (secondary N) is 2. The van der Waals surface area contributed by atoms with Crippen LogP contribution in [0.4, 0.5) is 5.82 Å². The highest BCUT2D eigenvalue weighted by atomic mass is 16.4. The molecule has 1 aromatic heterocycles. The van der Waals surface area contributed by atoms with Crippen molar-refractivity contribution in [3.05, 3.63) is 23.9 Å². The first-order chi connectivity index (χ1) is 8.16. The highest BCUT2D eigenvalue weighted by Crippen LogP contribution is 2.12. The number of carboxylic acids is 1. The van der Waals surface area contributed by atoms with Crippen molar-refractivity contribution in [1.29, 1.82) is 0 Å². The topological polar surface area (TPSA) is 91.3 Å². The lowest BCUT2D eigenvalue weighted by Gasteiger charge is -2.23. The molecule has 0 aliphatic carbocycles. The zero-order chi connectivity index (χ0) is 12.3. The molecule has 1 amide bonds. The van der Waals surface area contributed by atoms with Gasteiger partial charge in [-0.3, -0.25) is 4.79 Å². The molecule has 1 aromatic rings. The highest BCUT2D eigenvalue weighted by molar-refractivity contribution is 5.89. The van der Waals surface area contributed by atoms with Crippen molar-refractivity contribution in [2.45, 2.75) is 18.9 Å². The number of aromatic carboxylic acids is 1. The van der Waals surface area contributed by atoms with Crippen LogP contribution in [-0.4, -0.2) is 34.6 Å². The van der Waals surface area contributed by atoms with Gasteiger partial charge in [-0.05, 0) is 25.0 Å². The van der Waals surface area contributed by atoms with Crippen molar-refractivity contribution in [1.82, 2.24) is 10.3 Å². The molecule has 17 heavy (non-hydrogen) atoms. The highest BCUT2D eigenvalue weighted by Gasteiger charge is 2.22. The van der Waals surface area contributed by atoms with Crippen LogP contribution in [0.5, 0.6) is 0 Å². The first-order valence-electron chi connectivity index (χ1n) is 5.40. The molecule has 0 aromatic carbocycles. The summed E-state index contributed by atoms with van der Waals surface area (Å²) in [4.78, 5) is 26.3. The number of carbonyl (C=O) groups excluding carboxylic acids is 1. The first kappa shape index (κ1) is 11.4. The fraction of sp³-hybridized carbons (Fsp3) is 0.364. The third-order valence-corrected chi connectivity index (χ3v) is 2.61. The maximum absolute atomic E-state index is 11.5. The van der Waals surface area contributed by atoms with Crippen LogP contribution in [-0.2, 0) is 4.79 Å². The van der Waals surface area contributed by atoms with Gasteiger partial charge in [0.25, 0.3) is 0 Å². The summed E-state index contributed by atoms with van der Waals surface area (Å²) >= 11 is 0. The van der Waals surface area contributed by atoms with Crippen molar-refractivity contribution in [3.8, 4) is 0 Å². The summed E-state index contributed by atoms with van der Waals surface area (Å²) < 4.78 is 0. The molecule has 90 valence electrons. The third kappa shape index (κ3) is 2.72. The quantitative estimate of drug-likeness (QED) is 0.708. The Labute approximate surface area is 98.1 Å². The van der Waals surface area contributed by atoms with Crippen LogP contribution in [0.25, 0.3) is 0 Å². The molecule has 1 aliphatic heterocycles. The van der Waals surface area contributed by atoms with Gasteiger partial charge in [0.2, 0.25) is 5.91 Å². The van der Waals surface area contributed by atoms with Crippen molar-refractivity contribution in [2.24, 2.45) is 0 Å². The average molecular weight is 235 g/mol. The lowest BCUT2D eigenvalue weighted by Crippen LogP contribution is -2.44. The van der Waals surface area contributed by atoms with E-state index in [2.05, 4.69) is 15.6 Å². The van der Waals surface area contributed by atoms with Gasteiger partial charge in [-0.25, -0.2) is 9.78 Å². The molecule has 1 fully saturated rings.